The van der Waals surface area contributed by atoms with E-state index >= 15 is 0 Å². The molecule has 6 nitrogen and oxygen atoms in total. The summed E-state index contributed by atoms with van der Waals surface area (Å²) in [4.78, 5) is 18.5. The van der Waals surface area contributed by atoms with Crippen LogP contribution in [-0.4, -0.2) is 68.7 Å². The molecule has 1 amide bonds. The van der Waals surface area contributed by atoms with Crippen molar-refractivity contribution in [2.24, 2.45) is 0 Å². The molecule has 0 spiro atoms. The maximum Gasteiger partial charge on any atom is 0.276 e. The van der Waals surface area contributed by atoms with Gasteiger partial charge in [0.1, 0.15) is 0 Å². The molecule has 0 atom stereocenters. The van der Waals surface area contributed by atoms with E-state index in [1.165, 1.54) is 42.8 Å². The zero-order valence-corrected chi connectivity index (χ0v) is 18.1. The standard InChI is InChI=1S/C22H31N5OS/c1-18-5-7-19(8-6-18)29-20-9-13-26(14-10-20)22(28)21-17-27(24-23-21)16-15-25-11-3-2-4-12-25/h5-8,17,20H,2-4,9-16H2,1H3. The number of amides is 1. The van der Waals surface area contributed by atoms with Crippen LogP contribution in [0.4, 0.5) is 0 Å². The van der Waals surface area contributed by atoms with Gasteiger partial charge in [-0.15, -0.1) is 16.9 Å². The number of hydrogen-bond acceptors (Lipinski definition) is 5. The second-order valence-electron chi connectivity index (χ2n) is 8.19. The van der Waals surface area contributed by atoms with Crippen molar-refractivity contribution in [2.45, 2.75) is 55.7 Å². The summed E-state index contributed by atoms with van der Waals surface area (Å²) in [6, 6.07) is 8.71. The van der Waals surface area contributed by atoms with Gasteiger partial charge < -0.3 is 9.80 Å². The molecule has 29 heavy (non-hydrogen) atoms. The summed E-state index contributed by atoms with van der Waals surface area (Å²) in [6.07, 6.45) is 7.79. The monoisotopic (exact) mass is 413 g/mol. The van der Waals surface area contributed by atoms with Crippen LogP contribution < -0.4 is 0 Å². The fourth-order valence-corrected chi connectivity index (χ4v) is 5.21. The predicted octanol–water partition coefficient (Wildman–Crippen LogP) is 3.47. The van der Waals surface area contributed by atoms with Crippen molar-refractivity contribution in [3.05, 3.63) is 41.7 Å². The molecule has 0 N–H and O–H groups in total. The maximum atomic E-state index is 12.8. The number of benzene rings is 1. The molecule has 2 saturated heterocycles. The lowest BCUT2D eigenvalue weighted by atomic mass is 10.1. The Bertz CT molecular complexity index is 792. The van der Waals surface area contributed by atoms with E-state index in [0.29, 0.717) is 10.9 Å². The Morgan fingerprint density at radius 2 is 1.76 bits per heavy atom. The molecule has 1 aromatic heterocycles. The summed E-state index contributed by atoms with van der Waals surface area (Å²) in [5.74, 6) is 0.0213. The highest BCUT2D eigenvalue weighted by Gasteiger charge is 2.26. The van der Waals surface area contributed by atoms with Crippen LogP contribution in [-0.2, 0) is 6.54 Å². The first-order valence-corrected chi connectivity index (χ1v) is 11.7. The van der Waals surface area contributed by atoms with Gasteiger partial charge >= 0.3 is 0 Å². The molecule has 0 aliphatic carbocycles. The van der Waals surface area contributed by atoms with Crippen LogP contribution in [0.25, 0.3) is 0 Å². The maximum absolute atomic E-state index is 12.8. The quantitative estimate of drug-likeness (QED) is 0.726. The third-order valence-corrected chi connectivity index (χ3v) is 7.25. The van der Waals surface area contributed by atoms with Crippen molar-refractivity contribution in [1.29, 1.82) is 0 Å². The van der Waals surface area contributed by atoms with Gasteiger partial charge in [-0.1, -0.05) is 29.3 Å². The van der Waals surface area contributed by atoms with Gasteiger partial charge in [0.05, 0.1) is 12.7 Å². The molecule has 0 radical (unpaired) electrons. The van der Waals surface area contributed by atoms with Crippen LogP contribution in [0.5, 0.6) is 0 Å². The Morgan fingerprint density at radius 1 is 1.03 bits per heavy atom. The highest BCUT2D eigenvalue weighted by molar-refractivity contribution is 8.00. The van der Waals surface area contributed by atoms with Crippen LogP contribution in [0, 0.1) is 6.92 Å². The first kappa shape index (κ1) is 20.4. The van der Waals surface area contributed by atoms with E-state index in [0.717, 1.165) is 39.0 Å². The van der Waals surface area contributed by atoms with E-state index in [9.17, 15) is 4.79 Å². The lowest BCUT2D eigenvalue weighted by Crippen LogP contribution is -2.39. The van der Waals surface area contributed by atoms with Gasteiger partial charge in [-0.3, -0.25) is 9.48 Å². The molecular formula is C22H31N5OS. The normalized spacial score (nSPS) is 18.9. The van der Waals surface area contributed by atoms with Crippen LogP contribution in [0.15, 0.2) is 35.4 Å². The molecule has 2 aliphatic heterocycles. The van der Waals surface area contributed by atoms with E-state index in [4.69, 9.17) is 0 Å². The zero-order valence-electron chi connectivity index (χ0n) is 17.3. The van der Waals surface area contributed by atoms with Gasteiger partial charge in [-0.25, -0.2) is 0 Å². The van der Waals surface area contributed by atoms with Gasteiger partial charge in [-0.05, 0) is 57.8 Å². The minimum Gasteiger partial charge on any atom is -0.337 e. The predicted molar refractivity (Wildman–Crippen MR) is 116 cm³/mol. The van der Waals surface area contributed by atoms with Crippen molar-refractivity contribution in [2.75, 3.05) is 32.7 Å². The Balaban J connectivity index is 1.24. The number of aryl methyl sites for hydroxylation is 1. The summed E-state index contributed by atoms with van der Waals surface area (Å²) in [5, 5.41) is 8.90. The molecule has 156 valence electrons. The number of carbonyl (C=O) groups is 1. The Kier molecular flexibility index (Phi) is 6.87. The second-order valence-corrected chi connectivity index (χ2v) is 9.57. The van der Waals surface area contributed by atoms with Crippen molar-refractivity contribution in [3.63, 3.8) is 0 Å². The zero-order chi connectivity index (χ0) is 20.1. The first-order valence-electron chi connectivity index (χ1n) is 10.8. The fourth-order valence-electron chi connectivity index (χ4n) is 4.08. The molecule has 7 heteroatoms. The first-order chi connectivity index (χ1) is 14.2. The third kappa shape index (κ3) is 5.60. The van der Waals surface area contributed by atoms with Crippen molar-refractivity contribution in [1.82, 2.24) is 24.8 Å². The smallest absolute Gasteiger partial charge is 0.276 e. The molecule has 3 heterocycles. The fraction of sp³-hybridized carbons (Fsp3) is 0.591. The average Bonchev–Trinajstić information content (AvgIpc) is 3.24. The molecule has 2 fully saturated rings. The van der Waals surface area contributed by atoms with Crippen molar-refractivity contribution >= 4 is 17.7 Å². The number of carbonyl (C=O) groups excluding carboxylic acids is 1. The number of thioether (sulfide) groups is 1. The largest absolute Gasteiger partial charge is 0.337 e. The minimum absolute atomic E-state index is 0.0213. The molecule has 0 bridgehead atoms. The number of hydrogen-bond donors (Lipinski definition) is 0. The van der Waals surface area contributed by atoms with Crippen molar-refractivity contribution < 1.29 is 4.79 Å². The van der Waals surface area contributed by atoms with E-state index in [-0.39, 0.29) is 5.91 Å². The summed E-state index contributed by atoms with van der Waals surface area (Å²) in [6.45, 7) is 7.84. The average molecular weight is 414 g/mol. The van der Waals surface area contributed by atoms with Crippen LogP contribution in [0.1, 0.15) is 48.2 Å². The SMILES string of the molecule is Cc1ccc(SC2CCN(C(=O)c3cn(CCN4CCCCC4)nn3)CC2)cc1. The summed E-state index contributed by atoms with van der Waals surface area (Å²) < 4.78 is 1.82. The lowest BCUT2D eigenvalue weighted by Gasteiger charge is -2.31. The van der Waals surface area contributed by atoms with Gasteiger partial charge in [0, 0.05) is 29.8 Å². The van der Waals surface area contributed by atoms with E-state index in [2.05, 4.69) is 46.4 Å². The molecule has 0 saturated carbocycles. The van der Waals surface area contributed by atoms with Gasteiger partial charge in [0.2, 0.25) is 0 Å². The molecule has 2 aliphatic rings. The molecule has 2 aromatic rings. The number of aromatic nitrogens is 3. The topological polar surface area (TPSA) is 54.3 Å². The highest BCUT2D eigenvalue weighted by Crippen LogP contribution is 2.30. The van der Waals surface area contributed by atoms with Crippen LogP contribution >= 0.6 is 11.8 Å². The van der Waals surface area contributed by atoms with Crippen molar-refractivity contribution in [3.8, 4) is 0 Å². The lowest BCUT2D eigenvalue weighted by molar-refractivity contribution is 0.0721. The van der Waals surface area contributed by atoms with Crippen LogP contribution in [0.3, 0.4) is 0 Å². The summed E-state index contributed by atoms with van der Waals surface area (Å²) >= 11 is 1.93. The van der Waals surface area contributed by atoms with Crippen LogP contribution in [0.2, 0.25) is 0 Å². The number of nitrogens with zero attached hydrogens (tertiary/aromatic N) is 5. The Morgan fingerprint density at radius 3 is 2.48 bits per heavy atom. The Labute approximate surface area is 177 Å². The summed E-state index contributed by atoms with van der Waals surface area (Å²) in [5.41, 5.74) is 1.77. The number of likely N-dealkylation sites (tertiary alicyclic amines) is 2. The minimum atomic E-state index is 0.0213. The van der Waals surface area contributed by atoms with E-state index in [1.807, 2.05) is 27.5 Å². The number of piperidine rings is 2. The third-order valence-electron chi connectivity index (χ3n) is 5.90. The van der Waals surface area contributed by atoms with E-state index in [1.54, 1.807) is 0 Å². The van der Waals surface area contributed by atoms with Gasteiger partial charge in [0.15, 0.2) is 5.69 Å². The molecule has 0 unspecified atom stereocenters. The summed E-state index contributed by atoms with van der Waals surface area (Å²) in [7, 11) is 0. The molecular weight excluding hydrogens is 382 g/mol. The van der Waals surface area contributed by atoms with Gasteiger partial charge in [-0.2, -0.15) is 0 Å². The molecule has 1 aromatic carbocycles. The molecule has 4 rings (SSSR count). The number of rotatable bonds is 6. The van der Waals surface area contributed by atoms with Gasteiger partial charge in [0.25, 0.3) is 5.91 Å². The van der Waals surface area contributed by atoms with E-state index < -0.39 is 0 Å². The second kappa shape index (κ2) is 9.76. The highest BCUT2D eigenvalue weighted by atomic mass is 32.2. The Hall–Kier alpha value is -1.86.